The molecule has 22 heavy (non-hydrogen) atoms. The van der Waals surface area contributed by atoms with Gasteiger partial charge in [0.2, 0.25) is 10.0 Å². The second kappa shape index (κ2) is 6.35. The molecule has 0 radical (unpaired) electrons. The molecule has 1 aliphatic heterocycles. The van der Waals surface area contributed by atoms with Gasteiger partial charge < -0.3 is 4.90 Å². The van der Waals surface area contributed by atoms with E-state index in [9.17, 15) is 21.6 Å². The minimum absolute atomic E-state index is 0.162. The molecule has 1 aromatic carbocycles. The molecule has 0 amide bonds. The van der Waals surface area contributed by atoms with Gasteiger partial charge in [-0.3, -0.25) is 0 Å². The van der Waals surface area contributed by atoms with Gasteiger partial charge in [0, 0.05) is 11.1 Å². The number of hydrogen-bond donors (Lipinski definition) is 1. The molecular formula is C13H16ClF3N2O2S. The van der Waals surface area contributed by atoms with Crippen molar-refractivity contribution in [1.82, 2.24) is 9.62 Å². The number of hydrogen-bond acceptors (Lipinski definition) is 3. The molecule has 0 unspecified atom stereocenters. The molecule has 0 atom stereocenters. The number of sulfonamides is 1. The predicted octanol–water partition coefficient (Wildman–Crippen LogP) is 2.73. The van der Waals surface area contributed by atoms with E-state index in [2.05, 4.69) is 4.72 Å². The van der Waals surface area contributed by atoms with Crippen molar-refractivity contribution in [3.8, 4) is 0 Å². The van der Waals surface area contributed by atoms with Crippen LogP contribution in [0.25, 0.3) is 0 Å². The first kappa shape index (κ1) is 17.5. The Morgan fingerprint density at radius 3 is 2.41 bits per heavy atom. The van der Waals surface area contributed by atoms with Crippen LogP contribution in [0.2, 0.25) is 5.02 Å². The van der Waals surface area contributed by atoms with Crippen molar-refractivity contribution in [1.29, 1.82) is 0 Å². The molecular weight excluding hydrogens is 341 g/mol. The van der Waals surface area contributed by atoms with Crippen molar-refractivity contribution in [3.05, 3.63) is 28.8 Å². The molecule has 1 saturated heterocycles. The standard InChI is InChI=1S/C13H16ClF3N2O2S/c1-19-6-4-10(5-7-19)18-22(20,21)12-3-2-9(14)8-11(12)13(15,16)17/h2-3,8,10,18H,4-7H2,1H3. The number of halogens is 4. The summed E-state index contributed by atoms with van der Waals surface area (Å²) in [5.41, 5.74) is -1.25. The van der Waals surface area contributed by atoms with Gasteiger partial charge in [0.15, 0.2) is 0 Å². The summed E-state index contributed by atoms with van der Waals surface area (Å²) < 4.78 is 66.0. The smallest absolute Gasteiger partial charge is 0.306 e. The Labute approximate surface area is 132 Å². The molecule has 1 aliphatic rings. The Morgan fingerprint density at radius 2 is 1.86 bits per heavy atom. The molecule has 1 N–H and O–H groups in total. The first-order chi connectivity index (χ1) is 10.1. The van der Waals surface area contributed by atoms with Crippen molar-refractivity contribution in [2.45, 2.75) is 30.0 Å². The lowest BCUT2D eigenvalue weighted by Gasteiger charge is -2.29. The highest BCUT2D eigenvalue weighted by atomic mass is 35.5. The summed E-state index contributed by atoms with van der Waals surface area (Å²) >= 11 is 5.56. The third-order valence-electron chi connectivity index (χ3n) is 3.58. The Hall–Kier alpha value is -0.830. The van der Waals surface area contributed by atoms with Crippen LogP contribution < -0.4 is 4.72 Å². The largest absolute Gasteiger partial charge is 0.417 e. The summed E-state index contributed by atoms with van der Waals surface area (Å²) in [4.78, 5) is 1.25. The average Bonchev–Trinajstić information content (AvgIpc) is 2.40. The summed E-state index contributed by atoms with van der Waals surface area (Å²) in [5, 5.41) is -0.162. The van der Waals surface area contributed by atoms with Gasteiger partial charge in [-0.05, 0) is 51.2 Å². The fourth-order valence-corrected chi connectivity index (χ4v) is 4.05. The highest BCUT2D eigenvalue weighted by molar-refractivity contribution is 7.89. The molecule has 4 nitrogen and oxygen atoms in total. The molecule has 0 bridgehead atoms. The van der Waals surface area contributed by atoms with E-state index in [4.69, 9.17) is 11.6 Å². The van der Waals surface area contributed by atoms with Gasteiger partial charge >= 0.3 is 6.18 Å². The number of benzene rings is 1. The van der Waals surface area contributed by atoms with Gasteiger partial charge in [-0.25, -0.2) is 13.1 Å². The lowest BCUT2D eigenvalue weighted by Crippen LogP contribution is -2.43. The van der Waals surface area contributed by atoms with Crippen LogP contribution in [0.5, 0.6) is 0 Å². The van der Waals surface area contributed by atoms with Gasteiger partial charge in [-0.15, -0.1) is 0 Å². The van der Waals surface area contributed by atoms with E-state index >= 15 is 0 Å². The molecule has 1 heterocycles. The minimum atomic E-state index is -4.79. The van der Waals surface area contributed by atoms with Crippen molar-refractivity contribution in [3.63, 3.8) is 0 Å². The van der Waals surface area contributed by atoms with Crippen LogP contribution in [-0.2, 0) is 16.2 Å². The van der Waals surface area contributed by atoms with Crippen LogP contribution in [0.1, 0.15) is 18.4 Å². The van der Waals surface area contributed by atoms with Crippen LogP contribution in [0.4, 0.5) is 13.2 Å². The zero-order chi connectivity index (χ0) is 16.5. The van der Waals surface area contributed by atoms with Crippen molar-refractivity contribution < 1.29 is 21.6 Å². The van der Waals surface area contributed by atoms with E-state index in [0.29, 0.717) is 32.0 Å². The highest BCUT2D eigenvalue weighted by Gasteiger charge is 2.38. The third-order valence-corrected chi connectivity index (χ3v) is 5.39. The number of rotatable bonds is 3. The quantitative estimate of drug-likeness (QED) is 0.906. The fourth-order valence-electron chi connectivity index (χ4n) is 2.37. The normalized spacial score (nSPS) is 18.6. The molecule has 2 rings (SSSR count). The molecule has 1 aromatic rings. The van der Waals surface area contributed by atoms with E-state index in [1.807, 2.05) is 11.9 Å². The SMILES string of the molecule is CN1CCC(NS(=O)(=O)c2ccc(Cl)cc2C(F)(F)F)CC1. The number of nitrogens with one attached hydrogen (secondary N) is 1. The van der Waals surface area contributed by atoms with Gasteiger partial charge in [0.05, 0.1) is 10.5 Å². The second-order valence-corrected chi connectivity index (χ2v) is 7.46. The molecule has 9 heteroatoms. The van der Waals surface area contributed by atoms with E-state index in [1.165, 1.54) is 0 Å². The summed E-state index contributed by atoms with van der Waals surface area (Å²) in [6.45, 7) is 1.39. The fraction of sp³-hybridized carbons (Fsp3) is 0.538. The van der Waals surface area contributed by atoms with Gasteiger partial charge in [-0.1, -0.05) is 11.6 Å². The zero-order valence-corrected chi connectivity index (χ0v) is 13.4. The predicted molar refractivity (Wildman–Crippen MR) is 77.3 cm³/mol. The third kappa shape index (κ3) is 4.13. The van der Waals surface area contributed by atoms with E-state index in [0.717, 1.165) is 12.1 Å². The van der Waals surface area contributed by atoms with Crippen molar-refractivity contribution >= 4 is 21.6 Å². The number of alkyl halides is 3. The topological polar surface area (TPSA) is 49.4 Å². The van der Waals surface area contributed by atoms with E-state index < -0.39 is 26.7 Å². The Balaban J connectivity index is 2.30. The number of nitrogens with zero attached hydrogens (tertiary/aromatic N) is 1. The molecule has 0 aliphatic carbocycles. The van der Waals surface area contributed by atoms with E-state index in [-0.39, 0.29) is 11.1 Å². The van der Waals surface area contributed by atoms with Gasteiger partial charge in [0.1, 0.15) is 0 Å². The first-order valence-corrected chi connectivity index (χ1v) is 8.53. The summed E-state index contributed by atoms with van der Waals surface area (Å²) in [5.74, 6) is 0. The molecule has 0 aromatic heterocycles. The van der Waals surface area contributed by atoms with Crippen molar-refractivity contribution in [2.75, 3.05) is 20.1 Å². The number of likely N-dealkylation sites (tertiary alicyclic amines) is 1. The molecule has 0 saturated carbocycles. The average molecular weight is 357 g/mol. The Bertz CT molecular complexity index is 641. The zero-order valence-electron chi connectivity index (χ0n) is 11.8. The summed E-state index contributed by atoms with van der Waals surface area (Å²) in [7, 11) is -2.35. The van der Waals surface area contributed by atoms with Crippen LogP contribution in [-0.4, -0.2) is 39.5 Å². The van der Waals surface area contributed by atoms with Gasteiger partial charge in [-0.2, -0.15) is 13.2 Å². The van der Waals surface area contributed by atoms with Gasteiger partial charge in [0.25, 0.3) is 0 Å². The number of piperidine rings is 1. The molecule has 0 spiro atoms. The Morgan fingerprint density at radius 1 is 1.27 bits per heavy atom. The Kier molecular flexibility index (Phi) is 5.06. The lowest BCUT2D eigenvalue weighted by molar-refractivity contribution is -0.139. The second-order valence-electron chi connectivity index (χ2n) is 5.34. The summed E-state index contributed by atoms with van der Waals surface area (Å²) in [6.07, 6.45) is -3.67. The van der Waals surface area contributed by atoms with Crippen LogP contribution >= 0.6 is 11.6 Å². The van der Waals surface area contributed by atoms with Crippen molar-refractivity contribution in [2.24, 2.45) is 0 Å². The maximum Gasteiger partial charge on any atom is 0.417 e. The maximum absolute atomic E-state index is 13.0. The molecule has 124 valence electrons. The van der Waals surface area contributed by atoms with Crippen LogP contribution in [0.15, 0.2) is 23.1 Å². The van der Waals surface area contributed by atoms with Crippen LogP contribution in [0.3, 0.4) is 0 Å². The highest BCUT2D eigenvalue weighted by Crippen LogP contribution is 2.36. The lowest BCUT2D eigenvalue weighted by atomic mass is 10.1. The maximum atomic E-state index is 13.0. The first-order valence-electron chi connectivity index (χ1n) is 6.67. The van der Waals surface area contributed by atoms with E-state index in [1.54, 1.807) is 0 Å². The van der Waals surface area contributed by atoms with Crippen LogP contribution in [0, 0.1) is 0 Å². The molecule has 1 fully saturated rings. The minimum Gasteiger partial charge on any atom is -0.306 e. The summed E-state index contributed by atoms with van der Waals surface area (Å²) in [6, 6.07) is 2.30. The monoisotopic (exact) mass is 356 g/mol.